The highest BCUT2D eigenvalue weighted by molar-refractivity contribution is 5.62. The van der Waals surface area contributed by atoms with E-state index in [0.29, 0.717) is 0 Å². The molecule has 0 N–H and O–H groups in total. The van der Waals surface area contributed by atoms with E-state index in [4.69, 9.17) is 0 Å². The minimum absolute atomic E-state index is 1.02. The van der Waals surface area contributed by atoms with E-state index in [9.17, 15) is 0 Å². The van der Waals surface area contributed by atoms with Crippen molar-refractivity contribution < 1.29 is 0 Å². The van der Waals surface area contributed by atoms with Crippen LogP contribution in [0.5, 0.6) is 0 Å². The van der Waals surface area contributed by atoms with Crippen molar-refractivity contribution in [3.63, 3.8) is 0 Å². The van der Waals surface area contributed by atoms with Gasteiger partial charge in [-0.15, -0.1) is 0 Å². The Kier molecular flexibility index (Phi) is 3.86. The molecule has 0 saturated carbocycles. The second-order valence-electron chi connectivity index (χ2n) is 3.19. The Morgan fingerprint density at radius 1 is 1.36 bits per heavy atom. The zero-order valence-corrected chi connectivity index (χ0v) is 8.70. The normalized spacial score (nSPS) is 12.0. The van der Waals surface area contributed by atoms with E-state index < -0.39 is 0 Å². The number of rotatable bonds is 3. The summed E-state index contributed by atoms with van der Waals surface area (Å²) in [5, 5.41) is 0. The number of hydrogen-bond donors (Lipinski definition) is 0. The molecule has 1 rings (SSSR count). The van der Waals surface area contributed by atoms with Crippen molar-refractivity contribution in [2.24, 2.45) is 0 Å². The van der Waals surface area contributed by atoms with Gasteiger partial charge in [-0.05, 0) is 31.1 Å². The second-order valence-corrected chi connectivity index (χ2v) is 3.19. The molecule has 0 spiro atoms. The Balaban J connectivity index is 2.83. The minimum Gasteiger partial charge on any atom is -0.256 e. The van der Waals surface area contributed by atoms with Crippen molar-refractivity contribution in [1.29, 1.82) is 0 Å². The lowest BCUT2D eigenvalue weighted by molar-refractivity contribution is 1.22. The van der Waals surface area contributed by atoms with Gasteiger partial charge in [0, 0.05) is 6.20 Å². The first kappa shape index (κ1) is 10.5. The highest BCUT2D eigenvalue weighted by Crippen LogP contribution is 2.10. The Morgan fingerprint density at radius 2 is 2.14 bits per heavy atom. The molecule has 0 amide bonds. The van der Waals surface area contributed by atoms with Crippen LogP contribution in [0, 0.1) is 6.92 Å². The van der Waals surface area contributed by atoms with E-state index in [1.165, 1.54) is 5.56 Å². The van der Waals surface area contributed by atoms with Crippen molar-refractivity contribution in [2.75, 3.05) is 0 Å². The van der Waals surface area contributed by atoms with Gasteiger partial charge in [-0.25, -0.2) is 0 Å². The highest BCUT2D eigenvalue weighted by Gasteiger charge is 1.94. The molecular weight excluding hydrogens is 170 g/mol. The summed E-state index contributed by atoms with van der Waals surface area (Å²) < 4.78 is 0. The van der Waals surface area contributed by atoms with Crippen molar-refractivity contribution >= 4 is 5.57 Å². The van der Waals surface area contributed by atoms with Crippen LogP contribution in [0.25, 0.3) is 5.57 Å². The summed E-state index contributed by atoms with van der Waals surface area (Å²) >= 11 is 0. The molecule has 1 aromatic heterocycles. The van der Waals surface area contributed by atoms with E-state index in [-0.39, 0.29) is 0 Å². The maximum atomic E-state index is 4.33. The van der Waals surface area contributed by atoms with Gasteiger partial charge in [-0.2, -0.15) is 0 Å². The second kappa shape index (κ2) is 5.18. The van der Waals surface area contributed by atoms with Crippen LogP contribution in [-0.4, -0.2) is 4.98 Å². The molecule has 1 heterocycles. The van der Waals surface area contributed by atoms with E-state index in [0.717, 1.165) is 11.3 Å². The zero-order valence-electron chi connectivity index (χ0n) is 8.70. The molecule has 0 aromatic carbocycles. The molecule has 0 bridgehead atoms. The fraction of sp³-hybridized carbons (Fsp3) is 0.154. The summed E-state index contributed by atoms with van der Waals surface area (Å²) in [4.78, 5) is 4.33. The molecule has 14 heavy (non-hydrogen) atoms. The Hall–Kier alpha value is -1.63. The molecule has 0 saturated heterocycles. The van der Waals surface area contributed by atoms with Gasteiger partial charge < -0.3 is 0 Å². The van der Waals surface area contributed by atoms with Crippen LogP contribution < -0.4 is 0 Å². The van der Waals surface area contributed by atoms with E-state index in [1.807, 2.05) is 44.3 Å². The lowest BCUT2D eigenvalue weighted by Crippen LogP contribution is -1.85. The molecule has 0 aliphatic carbocycles. The fourth-order valence-corrected chi connectivity index (χ4v) is 1.06. The maximum absolute atomic E-state index is 4.33. The van der Waals surface area contributed by atoms with Crippen LogP contribution in [0.4, 0.5) is 0 Å². The summed E-state index contributed by atoms with van der Waals surface area (Å²) in [6, 6.07) is 4.10. The van der Waals surface area contributed by atoms with Gasteiger partial charge in [0.05, 0.1) is 5.69 Å². The van der Waals surface area contributed by atoms with Crippen LogP contribution in [0.1, 0.15) is 18.2 Å². The molecule has 72 valence electrons. The Morgan fingerprint density at radius 3 is 2.71 bits per heavy atom. The molecule has 1 aromatic rings. The molecule has 0 radical (unpaired) electrons. The zero-order chi connectivity index (χ0) is 10.4. The van der Waals surface area contributed by atoms with E-state index in [1.54, 1.807) is 6.08 Å². The van der Waals surface area contributed by atoms with Crippen LogP contribution >= 0.6 is 0 Å². The summed E-state index contributed by atoms with van der Waals surface area (Å²) in [6.07, 6.45) is 9.52. The van der Waals surface area contributed by atoms with Crippen molar-refractivity contribution in [2.45, 2.75) is 13.8 Å². The van der Waals surface area contributed by atoms with Crippen LogP contribution in [0.2, 0.25) is 0 Å². The van der Waals surface area contributed by atoms with Crippen molar-refractivity contribution in [1.82, 2.24) is 4.98 Å². The number of allylic oxidation sites excluding steroid dienone is 5. The fourth-order valence-electron chi connectivity index (χ4n) is 1.06. The highest BCUT2D eigenvalue weighted by atomic mass is 14.7. The first-order valence-electron chi connectivity index (χ1n) is 4.63. The molecule has 0 unspecified atom stereocenters. The number of pyridine rings is 1. The third kappa shape index (κ3) is 3.02. The lowest BCUT2D eigenvalue weighted by Gasteiger charge is -1.99. The van der Waals surface area contributed by atoms with E-state index >= 15 is 0 Å². The number of nitrogens with zero attached hydrogens (tertiary/aromatic N) is 1. The molecule has 0 aliphatic heterocycles. The topological polar surface area (TPSA) is 12.9 Å². The largest absolute Gasteiger partial charge is 0.256 e. The summed E-state index contributed by atoms with van der Waals surface area (Å²) in [6.45, 7) is 7.69. The molecule has 1 heteroatoms. The van der Waals surface area contributed by atoms with Crippen molar-refractivity contribution in [3.05, 3.63) is 60.5 Å². The van der Waals surface area contributed by atoms with Gasteiger partial charge in [0.15, 0.2) is 0 Å². The number of aryl methyl sites for hydroxylation is 1. The summed E-state index contributed by atoms with van der Waals surface area (Å²) in [7, 11) is 0. The van der Waals surface area contributed by atoms with Gasteiger partial charge in [-0.3, -0.25) is 4.98 Å². The molecule has 0 aliphatic rings. The number of aromatic nitrogens is 1. The average molecular weight is 185 g/mol. The molecule has 0 atom stereocenters. The van der Waals surface area contributed by atoms with Crippen LogP contribution in [-0.2, 0) is 0 Å². The number of hydrogen-bond acceptors (Lipinski definition) is 1. The maximum Gasteiger partial charge on any atom is 0.0658 e. The Bertz CT molecular complexity index is 355. The Labute approximate surface area is 85.5 Å². The SMILES string of the molecule is C=C/C=C\C=C(/C)c1ccc(C)cn1. The molecule has 1 nitrogen and oxygen atoms in total. The quantitative estimate of drug-likeness (QED) is 0.656. The lowest BCUT2D eigenvalue weighted by atomic mass is 10.1. The molecular formula is C13H15N. The summed E-state index contributed by atoms with van der Waals surface area (Å²) in [5.41, 5.74) is 3.36. The third-order valence-corrected chi connectivity index (χ3v) is 1.91. The standard InChI is InChI=1S/C13H15N/c1-4-5-6-7-12(3)13-9-8-11(2)10-14-13/h4-10H,1H2,2-3H3/b6-5-,12-7+. The minimum atomic E-state index is 1.02. The van der Waals surface area contributed by atoms with Crippen LogP contribution in [0.3, 0.4) is 0 Å². The first-order valence-corrected chi connectivity index (χ1v) is 4.63. The average Bonchev–Trinajstić information content (AvgIpc) is 2.19. The first-order chi connectivity index (χ1) is 6.74. The van der Waals surface area contributed by atoms with Gasteiger partial charge in [0.2, 0.25) is 0 Å². The third-order valence-electron chi connectivity index (χ3n) is 1.91. The van der Waals surface area contributed by atoms with Crippen LogP contribution in [0.15, 0.2) is 49.2 Å². The van der Waals surface area contributed by atoms with Gasteiger partial charge in [-0.1, -0.05) is 36.9 Å². The predicted octanol–water partition coefficient (Wildman–Crippen LogP) is 3.54. The predicted molar refractivity (Wildman–Crippen MR) is 62.0 cm³/mol. The van der Waals surface area contributed by atoms with Gasteiger partial charge >= 0.3 is 0 Å². The van der Waals surface area contributed by atoms with Gasteiger partial charge in [0.1, 0.15) is 0 Å². The monoisotopic (exact) mass is 185 g/mol. The molecule has 0 fully saturated rings. The van der Waals surface area contributed by atoms with Crippen molar-refractivity contribution in [3.8, 4) is 0 Å². The van der Waals surface area contributed by atoms with E-state index in [2.05, 4.69) is 17.6 Å². The smallest absolute Gasteiger partial charge is 0.0658 e. The summed E-state index contributed by atoms with van der Waals surface area (Å²) in [5.74, 6) is 0. The van der Waals surface area contributed by atoms with Gasteiger partial charge in [0.25, 0.3) is 0 Å².